The number of anilines is 1. The van der Waals surface area contributed by atoms with Crippen molar-refractivity contribution >= 4 is 11.8 Å². The van der Waals surface area contributed by atoms with Crippen LogP contribution < -0.4 is 11.1 Å². The Balaban J connectivity index is 2.43. The summed E-state index contributed by atoms with van der Waals surface area (Å²) >= 11 is 0. The summed E-state index contributed by atoms with van der Waals surface area (Å²) in [5.74, 6) is 0. The number of hydrogen-bond acceptors (Lipinski definition) is 3. The molecule has 1 unspecified atom stereocenters. The normalized spacial score (nSPS) is 11.8. The largest absolute Gasteiger partial charge is 0.453 e. The van der Waals surface area contributed by atoms with Crippen LogP contribution in [0.2, 0.25) is 0 Å². The first-order valence-corrected chi connectivity index (χ1v) is 6.79. The van der Waals surface area contributed by atoms with Gasteiger partial charge in [0.25, 0.3) is 0 Å². The molecular weight excluding hydrogens is 264 g/mol. The van der Waals surface area contributed by atoms with E-state index in [1.54, 1.807) is 0 Å². The molecule has 2 aromatic carbocycles. The monoisotopic (exact) mass is 284 g/mol. The highest BCUT2D eigenvalue weighted by Crippen LogP contribution is 2.29. The second-order valence-corrected chi connectivity index (χ2v) is 5.04. The van der Waals surface area contributed by atoms with Gasteiger partial charge >= 0.3 is 6.09 Å². The summed E-state index contributed by atoms with van der Waals surface area (Å²) in [5, 5.41) is 2.73. The Morgan fingerprint density at radius 3 is 2.52 bits per heavy atom. The average molecular weight is 284 g/mol. The molecule has 21 heavy (non-hydrogen) atoms. The van der Waals surface area contributed by atoms with Crippen LogP contribution in [0.1, 0.15) is 28.3 Å². The standard InChI is InChI=1S/C17H20N2O2/c1-11-8-9-14(15(10-11)19-17(20)21-3)16(18)13-7-5-4-6-12(13)2/h4-10,16H,18H2,1-3H3,(H,19,20). The van der Waals surface area contributed by atoms with Crippen LogP contribution in [0.5, 0.6) is 0 Å². The van der Waals surface area contributed by atoms with E-state index in [9.17, 15) is 4.79 Å². The molecule has 0 spiro atoms. The molecule has 0 aliphatic carbocycles. The summed E-state index contributed by atoms with van der Waals surface area (Å²) in [5.41, 5.74) is 11.1. The maximum Gasteiger partial charge on any atom is 0.411 e. The van der Waals surface area contributed by atoms with Gasteiger partial charge in [-0.15, -0.1) is 0 Å². The molecule has 3 N–H and O–H groups in total. The Hall–Kier alpha value is -2.33. The van der Waals surface area contributed by atoms with Gasteiger partial charge in [0.15, 0.2) is 0 Å². The highest BCUT2D eigenvalue weighted by atomic mass is 16.5. The molecular formula is C17H20N2O2. The maximum absolute atomic E-state index is 11.5. The Morgan fingerprint density at radius 2 is 1.86 bits per heavy atom. The van der Waals surface area contributed by atoms with Crippen molar-refractivity contribution in [2.24, 2.45) is 5.73 Å². The first-order valence-electron chi connectivity index (χ1n) is 6.79. The van der Waals surface area contributed by atoms with Crippen molar-refractivity contribution in [3.05, 3.63) is 64.7 Å². The molecule has 0 radical (unpaired) electrons. The van der Waals surface area contributed by atoms with Crippen molar-refractivity contribution in [2.45, 2.75) is 19.9 Å². The summed E-state index contributed by atoms with van der Waals surface area (Å²) < 4.78 is 4.67. The smallest absolute Gasteiger partial charge is 0.411 e. The minimum absolute atomic E-state index is 0.307. The molecule has 0 aliphatic rings. The van der Waals surface area contributed by atoms with E-state index in [1.165, 1.54) is 7.11 Å². The molecule has 0 aromatic heterocycles. The van der Waals surface area contributed by atoms with Gasteiger partial charge in [0.1, 0.15) is 0 Å². The second kappa shape index (κ2) is 6.41. The molecule has 0 saturated carbocycles. The van der Waals surface area contributed by atoms with Gasteiger partial charge in [-0.05, 0) is 42.2 Å². The lowest BCUT2D eigenvalue weighted by Crippen LogP contribution is -2.18. The van der Waals surface area contributed by atoms with E-state index >= 15 is 0 Å². The Morgan fingerprint density at radius 1 is 1.14 bits per heavy atom. The van der Waals surface area contributed by atoms with E-state index in [-0.39, 0.29) is 6.04 Å². The van der Waals surface area contributed by atoms with Gasteiger partial charge in [0, 0.05) is 5.69 Å². The first-order chi connectivity index (χ1) is 10.0. The van der Waals surface area contributed by atoms with Gasteiger partial charge in [-0.2, -0.15) is 0 Å². The number of carbonyl (C=O) groups excluding carboxylic acids is 1. The number of nitrogens with two attached hydrogens (primary N) is 1. The van der Waals surface area contributed by atoms with Crippen LogP contribution in [0.3, 0.4) is 0 Å². The third-order valence-corrected chi connectivity index (χ3v) is 3.49. The molecule has 110 valence electrons. The van der Waals surface area contributed by atoms with Crippen LogP contribution in [0.15, 0.2) is 42.5 Å². The van der Waals surface area contributed by atoms with E-state index in [2.05, 4.69) is 10.1 Å². The number of hydrogen-bond donors (Lipinski definition) is 2. The zero-order valence-electron chi connectivity index (χ0n) is 12.5. The fourth-order valence-electron chi connectivity index (χ4n) is 2.31. The van der Waals surface area contributed by atoms with E-state index in [0.717, 1.165) is 22.3 Å². The lowest BCUT2D eigenvalue weighted by molar-refractivity contribution is 0.187. The van der Waals surface area contributed by atoms with Gasteiger partial charge in [0.2, 0.25) is 0 Å². The van der Waals surface area contributed by atoms with E-state index < -0.39 is 6.09 Å². The SMILES string of the molecule is COC(=O)Nc1cc(C)ccc1C(N)c1ccccc1C. The molecule has 4 heteroatoms. The number of benzene rings is 2. The van der Waals surface area contributed by atoms with Crippen LogP contribution >= 0.6 is 0 Å². The summed E-state index contributed by atoms with van der Waals surface area (Å²) in [6, 6.07) is 13.5. The maximum atomic E-state index is 11.5. The molecule has 0 heterocycles. The summed E-state index contributed by atoms with van der Waals surface area (Å²) in [6.45, 7) is 3.99. The number of methoxy groups -OCH3 is 1. The third-order valence-electron chi connectivity index (χ3n) is 3.49. The summed E-state index contributed by atoms with van der Waals surface area (Å²) in [6.07, 6.45) is -0.501. The number of rotatable bonds is 3. The highest BCUT2D eigenvalue weighted by molar-refractivity contribution is 5.86. The minimum atomic E-state index is -0.501. The second-order valence-electron chi connectivity index (χ2n) is 5.04. The van der Waals surface area contributed by atoms with E-state index in [0.29, 0.717) is 5.69 Å². The lowest BCUT2D eigenvalue weighted by Gasteiger charge is -2.19. The van der Waals surface area contributed by atoms with E-state index in [1.807, 2.05) is 56.3 Å². The zero-order chi connectivity index (χ0) is 15.4. The predicted octanol–water partition coefficient (Wildman–Crippen LogP) is 3.53. The summed E-state index contributed by atoms with van der Waals surface area (Å²) in [4.78, 5) is 11.5. The Bertz CT molecular complexity index is 653. The fraction of sp³-hybridized carbons (Fsp3) is 0.235. The predicted molar refractivity (Wildman–Crippen MR) is 84.4 cm³/mol. The van der Waals surface area contributed by atoms with Crippen LogP contribution in [0, 0.1) is 13.8 Å². The van der Waals surface area contributed by atoms with Crippen LogP contribution in [-0.2, 0) is 4.74 Å². The number of ether oxygens (including phenoxy) is 1. The lowest BCUT2D eigenvalue weighted by atomic mass is 9.94. The Kier molecular flexibility index (Phi) is 4.60. The van der Waals surface area contributed by atoms with Gasteiger partial charge in [-0.25, -0.2) is 4.79 Å². The minimum Gasteiger partial charge on any atom is -0.453 e. The van der Waals surface area contributed by atoms with Crippen LogP contribution in [-0.4, -0.2) is 13.2 Å². The average Bonchev–Trinajstić information content (AvgIpc) is 2.47. The van der Waals surface area contributed by atoms with Gasteiger partial charge in [0.05, 0.1) is 13.2 Å². The number of aryl methyl sites for hydroxylation is 2. The number of carbonyl (C=O) groups is 1. The summed E-state index contributed by atoms with van der Waals surface area (Å²) in [7, 11) is 1.34. The molecule has 1 amide bonds. The van der Waals surface area contributed by atoms with E-state index in [4.69, 9.17) is 5.73 Å². The molecule has 0 aliphatic heterocycles. The number of amides is 1. The van der Waals surface area contributed by atoms with Crippen molar-refractivity contribution in [3.63, 3.8) is 0 Å². The molecule has 2 aromatic rings. The molecule has 4 nitrogen and oxygen atoms in total. The van der Waals surface area contributed by atoms with Crippen molar-refractivity contribution in [2.75, 3.05) is 12.4 Å². The van der Waals surface area contributed by atoms with Gasteiger partial charge in [-0.3, -0.25) is 5.32 Å². The zero-order valence-corrected chi connectivity index (χ0v) is 12.5. The fourth-order valence-corrected chi connectivity index (χ4v) is 2.31. The van der Waals surface area contributed by atoms with Crippen molar-refractivity contribution in [1.29, 1.82) is 0 Å². The topological polar surface area (TPSA) is 64.3 Å². The number of nitrogens with one attached hydrogen (secondary N) is 1. The van der Waals surface area contributed by atoms with Crippen LogP contribution in [0.4, 0.5) is 10.5 Å². The third kappa shape index (κ3) is 3.41. The van der Waals surface area contributed by atoms with Gasteiger partial charge in [-0.1, -0.05) is 36.4 Å². The molecule has 2 rings (SSSR count). The van der Waals surface area contributed by atoms with Gasteiger partial charge < -0.3 is 10.5 Å². The van der Waals surface area contributed by atoms with Crippen molar-refractivity contribution < 1.29 is 9.53 Å². The molecule has 0 fully saturated rings. The van der Waals surface area contributed by atoms with Crippen molar-refractivity contribution in [3.8, 4) is 0 Å². The first kappa shape index (κ1) is 15.1. The Labute approximate surface area is 124 Å². The van der Waals surface area contributed by atoms with Crippen LogP contribution in [0.25, 0.3) is 0 Å². The van der Waals surface area contributed by atoms with Crippen molar-refractivity contribution in [1.82, 2.24) is 0 Å². The molecule has 1 atom stereocenters. The quantitative estimate of drug-likeness (QED) is 0.906. The molecule has 0 bridgehead atoms. The molecule has 0 saturated heterocycles. The highest BCUT2D eigenvalue weighted by Gasteiger charge is 2.16.